The van der Waals surface area contributed by atoms with Gasteiger partial charge in [-0.2, -0.15) is 0 Å². The van der Waals surface area contributed by atoms with E-state index in [0.29, 0.717) is 16.7 Å². The number of anilines is 1. The number of rotatable bonds is 2. The topological polar surface area (TPSA) is 122 Å². The van der Waals surface area contributed by atoms with E-state index in [9.17, 15) is 10.2 Å². The average Bonchev–Trinajstić information content (AvgIpc) is 2.93. The minimum Gasteiger partial charge on any atom is -0.393 e. The van der Waals surface area contributed by atoms with Gasteiger partial charge >= 0.3 is 0 Å². The standard InChI is InChI=1S/C11H13N5O3S/c1-4-5(2-17)19-10(7(4)18)16-3-13-6-8(16)14-11(12)15-9(6)20/h3,5,7,10,17-18H,1-2H2,(H3,12,14,15,20)/t5-,7-,10-/m1/s1. The number of nitrogens with one attached hydrogen (secondary N) is 1. The summed E-state index contributed by atoms with van der Waals surface area (Å²) in [5.74, 6) is 0.147. The predicted octanol–water partition coefficient (Wildman–Crippen LogP) is -0.122. The second-order valence-electron chi connectivity index (χ2n) is 4.49. The molecule has 3 heterocycles. The molecule has 5 N–H and O–H groups in total. The van der Waals surface area contributed by atoms with Gasteiger partial charge in [0.25, 0.3) is 0 Å². The Morgan fingerprint density at radius 1 is 1.60 bits per heavy atom. The minimum atomic E-state index is -0.957. The van der Waals surface area contributed by atoms with Gasteiger partial charge in [-0.1, -0.05) is 18.8 Å². The molecule has 20 heavy (non-hydrogen) atoms. The molecule has 8 nitrogen and oxygen atoms in total. The Hall–Kier alpha value is -1.81. The highest BCUT2D eigenvalue weighted by molar-refractivity contribution is 7.71. The van der Waals surface area contributed by atoms with Crippen LogP contribution in [-0.2, 0) is 4.74 Å². The van der Waals surface area contributed by atoms with E-state index >= 15 is 0 Å². The molecule has 1 aliphatic heterocycles. The third-order valence-corrected chi connectivity index (χ3v) is 3.56. The molecule has 0 unspecified atom stereocenters. The number of hydrogen-bond acceptors (Lipinski definition) is 7. The van der Waals surface area contributed by atoms with Gasteiger partial charge in [0.05, 0.1) is 12.9 Å². The van der Waals surface area contributed by atoms with Crippen LogP contribution in [0.1, 0.15) is 6.23 Å². The third kappa shape index (κ3) is 1.83. The van der Waals surface area contributed by atoms with Gasteiger partial charge in [-0.3, -0.25) is 4.57 Å². The molecule has 0 aliphatic carbocycles. The van der Waals surface area contributed by atoms with E-state index in [1.807, 2.05) is 0 Å². The number of aromatic nitrogens is 4. The fourth-order valence-electron chi connectivity index (χ4n) is 2.23. The van der Waals surface area contributed by atoms with E-state index < -0.39 is 18.4 Å². The van der Waals surface area contributed by atoms with Crippen LogP contribution < -0.4 is 5.73 Å². The van der Waals surface area contributed by atoms with Crippen molar-refractivity contribution in [2.75, 3.05) is 12.3 Å². The molecule has 2 aromatic rings. The van der Waals surface area contributed by atoms with Crippen molar-refractivity contribution in [3.63, 3.8) is 0 Å². The number of H-pyrrole nitrogens is 1. The van der Waals surface area contributed by atoms with Crippen molar-refractivity contribution in [3.8, 4) is 0 Å². The smallest absolute Gasteiger partial charge is 0.200 e. The lowest BCUT2D eigenvalue weighted by Gasteiger charge is -2.16. The molecule has 3 atom stereocenters. The largest absolute Gasteiger partial charge is 0.393 e. The van der Waals surface area contributed by atoms with E-state index in [4.69, 9.17) is 22.7 Å². The molecule has 0 radical (unpaired) electrons. The molecule has 1 saturated heterocycles. The van der Waals surface area contributed by atoms with Crippen molar-refractivity contribution < 1.29 is 14.9 Å². The van der Waals surface area contributed by atoms with Gasteiger partial charge in [-0.15, -0.1) is 0 Å². The summed E-state index contributed by atoms with van der Waals surface area (Å²) in [4.78, 5) is 10.9. The van der Waals surface area contributed by atoms with Crippen molar-refractivity contribution in [2.45, 2.75) is 18.4 Å². The third-order valence-electron chi connectivity index (χ3n) is 3.27. The predicted molar refractivity (Wildman–Crippen MR) is 73.3 cm³/mol. The van der Waals surface area contributed by atoms with Crippen LogP contribution in [0.2, 0.25) is 0 Å². The number of aliphatic hydroxyl groups is 2. The van der Waals surface area contributed by atoms with Gasteiger partial charge in [0.1, 0.15) is 23.4 Å². The zero-order valence-corrected chi connectivity index (χ0v) is 11.2. The number of fused-ring (bicyclic) bond motifs is 1. The van der Waals surface area contributed by atoms with E-state index in [1.54, 1.807) is 4.57 Å². The number of nitrogen functional groups attached to an aromatic ring is 1. The number of hydrogen-bond donors (Lipinski definition) is 4. The molecule has 0 amide bonds. The normalized spacial score (nSPS) is 26.5. The first-order valence-corrected chi connectivity index (χ1v) is 6.29. The summed E-state index contributed by atoms with van der Waals surface area (Å²) in [5, 5.41) is 19.4. The van der Waals surface area contributed by atoms with Crippen molar-refractivity contribution in [2.24, 2.45) is 0 Å². The second kappa shape index (κ2) is 4.63. The maximum Gasteiger partial charge on any atom is 0.200 e. The van der Waals surface area contributed by atoms with E-state index in [1.165, 1.54) is 6.33 Å². The first kappa shape index (κ1) is 13.2. The maximum absolute atomic E-state index is 10.2. The monoisotopic (exact) mass is 295 g/mol. The van der Waals surface area contributed by atoms with Crippen LogP contribution >= 0.6 is 12.2 Å². The Kier molecular flexibility index (Phi) is 3.05. The summed E-state index contributed by atoms with van der Waals surface area (Å²) in [7, 11) is 0. The SMILES string of the molecule is C=C1[C@@H](O)[C@H](n2cnc3c(=S)nc(N)[nH]c32)O[C@@H]1CO. The number of aliphatic hydroxyl groups excluding tert-OH is 2. The molecule has 2 aromatic heterocycles. The number of imidazole rings is 1. The Balaban J connectivity index is 2.12. The Labute approximate surface area is 118 Å². The van der Waals surface area contributed by atoms with Gasteiger partial charge in [0.2, 0.25) is 0 Å². The number of nitrogens with two attached hydrogens (primary N) is 1. The van der Waals surface area contributed by atoms with Crippen LogP contribution in [0.3, 0.4) is 0 Å². The first-order chi connectivity index (χ1) is 9.52. The van der Waals surface area contributed by atoms with Gasteiger partial charge in [0, 0.05) is 0 Å². The van der Waals surface area contributed by atoms with Crippen LogP contribution in [0, 0.1) is 4.64 Å². The zero-order chi connectivity index (χ0) is 14.4. The molecule has 9 heteroatoms. The molecular formula is C11H13N5O3S. The summed E-state index contributed by atoms with van der Waals surface area (Å²) in [6.07, 6.45) is -0.855. The maximum atomic E-state index is 10.2. The summed E-state index contributed by atoms with van der Waals surface area (Å²) in [6.45, 7) is 3.47. The lowest BCUT2D eigenvalue weighted by molar-refractivity contribution is -0.0483. The Bertz CT molecular complexity index is 739. The fraction of sp³-hybridized carbons (Fsp3) is 0.364. The highest BCUT2D eigenvalue weighted by Gasteiger charge is 2.39. The van der Waals surface area contributed by atoms with Crippen LogP contribution in [-0.4, -0.2) is 48.5 Å². The molecule has 0 spiro atoms. The highest BCUT2D eigenvalue weighted by atomic mass is 32.1. The molecule has 3 rings (SSSR count). The van der Waals surface area contributed by atoms with Crippen molar-refractivity contribution >= 4 is 29.3 Å². The van der Waals surface area contributed by atoms with Gasteiger partial charge in [0.15, 0.2) is 16.8 Å². The van der Waals surface area contributed by atoms with E-state index in [-0.39, 0.29) is 17.2 Å². The summed E-state index contributed by atoms with van der Waals surface area (Å²) >= 11 is 5.08. The Morgan fingerprint density at radius 2 is 2.35 bits per heavy atom. The lowest BCUT2D eigenvalue weighted by Crippen LogP contribution is -2.20. The van der Waals surface area contributed by atoms with Crippen LogP contribution in [0.5, 0.6) is 0 Å². The summed E-state index contributed by atoms with van der Waals surface area (Å²) in [5.41, 5.74) is 7.01. The van der Waals surface area contributed by atoms with Gasteiger partial charge in [-0.25, -0.2) is 9.97 Å². The molecule has 0 saturated carbocycles. The summed E-state index contributed by atoms with van der Waals surface area (Å²) in [6, 6.07) is 0. The van der Waals surface area contributed by atoms with Crippen molar-refractivity contribution in [3.05, 3.63) is 23.1 Å². The van der Waals surface area contributed by atoms with Gasteiger partial charge in [-0.05, 0) is 5.57 Å². The fourth-order valence-corrected chi connectivity index (χ4v) is 2.48. The average molecular weight is 295 g/mol. The second-order valence-corrected chi connectivity index (χ2v) is 4.88. The van der Waals surface area contributed by atoms with E-state index in [2.05, 4.69) is 21.5 Å². The van der Waals surface area contributed by atoms with Crippen molar-refractivity contribution in [1.82, 2.24) is 19.5 Å². The highest BCUT2D eigenvalue weighted by Crippen LogP contribution is 2.33. The zero-order valence-electron chi connectivity index (χ0n) is 10.4. The van der Waals surface area contributed by atoms with E-state index in [0.717, 1.165) is 0 Å². The van der Waals surface area contributed by atoms with Crippen LogP contribution in [0.25, 0.3) is 11.2 Å². The molecular weight excluding hydrogens is 282 g/mol. The van der Waals surface area contributed by atoms with Gasteiger partial charge < -0.3 is 25.7 Å². The van der Waals surface area contributed by atoms with Crippen LogP contribution in [0.4, 0.5) is 5.95 Å². The molecule has 0 aromatic carbocycles. The lowest BCUT2D eigenvalue weighted by atomic mass is 10.1. The number of nitrogens with zero attached hydrogens (tertiary/aromatic N) is 3. The molecule has 1 aliphatic rings. The molecule has 1 fully saturated rings. The minimum absolute atomic E-state index is 0.147. The number of aromatic amines is 1. The molecule has 106 valence electrons. The number of ether oxygens (including phenoxy) is 1. The van der Waals surface area contributed by atoms with Crippen LogP contribution in [0.15, 0.2) is 18.5 Å². The first-order valence-electron chi connectivity index (χ1n) is 5.88. The van der Waals surface area contributed by atoms with Crippen molar-refractivity contribution in [1.29, 1.82) is 0 Å². The molecule has 0 bridgehead atoms. The Morgan fingerprint density at radius 3 is 3.00 bits per heavy atom. The quantitative estimate of drug-likeness (QED) is 0.450. The summed E-state index contributed by atoms with van der Waals surface area (Å²) < 4.78 is 7.40.